The van der Waals surface area contributed by atoms with Gasteiger partial charge in [0.25, 0.3) is 0 Å². The van der Waals surface area contributed by atoms with Gasteiger partial charge in [0.1, 0.15) is 18.2 Å². The number of carboxylic acid groups (broad SMARTS) is 1. The van der Waals surface area contributed by atoms with Crippen LogP contribution in [0.2, 0.25) is 0 Å². The summed E-state index contributed by atoms with van der Waals surface area (Å²) in [5, 5.41) is 8.73. The normalized spacial score (nSPS) is 12.5. The molecule has 0 fully saturated rings. The Morgan fingerprint density at radius 3 is 2.76 bits per heavy atom. The number of aliphatic carboxylic acids is 1. The van der Waals surface area contributed by atoms with Crippen LogP contribution in [0.4, 0.5) is 4.39 Å². The summed E-state index contributed by atoms with van der Waals surface area (Å²) in [4.78, 5) is 12.4. The van der Waals surface area contributed by atoms with Crippen LogP contribution in [0.3, 0.4) is 0 Å². The molecular formula is C12H16FNO3. The van der Waals surface area contributed by atoms with Crippen molar-refractivity contribution in [1.29, 1.82) is 0 Å². The van der Waals surface area contributed by atoms with E-state index in [2.05, 4.69) is 0 Å². The summed E-state index contributed by atoms with van der Waals surface area (Å²) in [6, 6.07) is 5.54. The fourth-order valence-corrected chi connectivity index (χ4v) is 1.34. The van der Waals surface area contributed by atoms with Gasteiger partial charge < -0.3 is 14.7 Å². The molecule has 0 heterocycles. The van der Waals surface area contributed by atoms with Crippen LogP contribution in [0.15, 0.2) is 24.3 Å². The topological polar surface area (TPSA) is 49.8 Å². The van der Waals surface area contributed by atoms with Gasteiger partial charge in [-0.05, 0) is 26.2 Å². The first-order chi connectivity index (χ1) is 7.99. The van der Waals surface area contributed by atoms with Crippen molar-refractivity contribution in [2.45, 2.75) is 12.5 Å². The Kier molecular flexibility index (Phi) is 4.90. The summed E-state index contributed by atoms with van der Waals surface area (Å²) in [5.41, 5.74) is 0. The lowest BCUT2D eigenvalue weighted by atomic mass is 10.2. The molecular weight excluding hydrogens is 225 g/mol. The first-order valence-corrected chi connectivity index (χ1v) is 5.25. The first kappa shape index (κ1) is 13.4. The molecule has 0 aliphatic heterocycles. The van der Waals surface area contributed by atoms with Crippen molar-refractivity contribution >= 4 is 5.97 Å². The predicted octanol–water partition coefficient (Wildman–Crippen LogP) is 1.61. The van der Waals surface area contributed by atoms with E-state index in [1.165, 1.54) is 12.1 Å². The Hall–Kier alpha value is -1.62. The van der Waals surface area contributed by atoms with E-state index in [-0.39, 0.29) is 24.9 Å². The standard InChI is InChI=1S/C12H16FNO3/c1-14(2)10(7-12(15)16)8-17-11-5-3-4-9(13)6-11/h3-6,10H,7-8H2,1-2H3,(H,15,16). The Labute approximate surface area is 99.6 Å². The number of halogens is 1. The summed E-state index contributed by atoms with van der Waals surface area (Å²) in [6.45, 7) is 0.211. The molecule has 4 nitrogen and oxygen atoms in total. The van der Waals surface area contributed by atoms with Gasteiger partial charge in [-0.15, -0.1) is 0 Å². The zero-order valence-electron chi connectivity index (χ0n) is 9.89. The number of rotatable bonds is 6. The van der Waals surface area contributed by atoms with Gasteiger partial charge in [0.2, 0.25) is 0 Å². The average Bonchev–Trinajstić information content (AvgIpc) is 2.23. The van der Waals surface area contributed by atoms with Crippen molar-refractivity contribution in [3.8, 4) is 5.75 Å². The third-order valence-corrected chi connectivity index (χ3v) is 2.38. The summed E-state index contributed by atoms with van der Waals surface area (Å²) in [6.07, 6.45) is -0.0116. The number of likely N-dealkylation sites (N-methyl/N-ethyl adjacent to an activating group) is 1. The molecule has 0 aliphatic carbocycles. The molecule has 17 heavy (non-hydrogen) atoms. The van der Waals surface area contributed by atoms with Gasteiger partial charge in [0.05, 0.1) is 12.5 Å². The number of benzene rings is 1. The monoisotopic (exact) mass is 241 g/mol. The fraction of sp³-hybridized carbons (Fsp3) is 0.417. The van der Waals surface area contributed by atoms with Crippen molar-refractivity contribution < 1.29 is 19.0 Å². The first-order valence-electron chi connectivity index (χ1n) is 5.25. The molecule has 1 aromatic rings. The Morgan fingerprint density at radius 1 is 1.53 bits per heavy atom. The average molecular weight is 241 g/mol. The van der Waals surface area contributed by atoms with Gasteiger partial charge in [0.15, 0.2) is 0 Å². The molecule has 1 atom stereocenters. The zero-order chi connectivity index (χ0) is 12.8. The maximum absolute atomic E-state index is 12.9. The highest BCUT2D eigenvalue weighted by molar-refractivity contribution is 5.67. The van der Waals surface area contributed by atoms with Gasteiger partial charge in [-0.25, -0.2) is 4.39 Å². The molecule has 0 aromatic heterocycles. The molecule has 5 heteroatoms. The molecule has 1 rings (SSSR count). The van der Waals surface area contributed by atoms with Gasteiger partial charge in [0, 0.05) is 6.07 Å². The maximum Gasteiger partial charge on any atom is 0.305 e. The molecule has 0 aliphatic rings. The van der Waals surface area contributed by atoms with Crippen molar-refractivity contribution in [2.75, 3.05) is 20.7 Å². The zero-order valence-corrected chi connectivity index (χ0v) is 9.89. The number of hydrogen-bond donors (Lipinski definition) is 1. The number of hydrogen-bond acceptors (Lipinski definition) is 3. The minimum absolute atomic E-state index is 0.0116. The second kappa shape index (κ2) is 6.20. The molecule has 0 bridgehead atoms. The van der Waals surface area contributed by atoms with Gasteiger partial charge >= 0.3 is 5.97 Å². The van der Waals surface area contributed by atoms with Crippen LogP contribution in [-0.2, 0) is 4.79 Å². The highest BCUT2D eigenvalue weighted by Gasteiger charge is 2.16. The summed E-state index contributed by atoms with van der Waals surface area (Å²) in [7, 11) is 3.56. The lowest BCUT2D eigenvalue weighted by Crippen LogP contribution is -2.35. The van der Waals surface area contributed by atoms with Crippen LogP contribution < -0.4 is 4.74 Å². The van der Waals surface area contributed by atoms with Crippen LogP contribution in [0.5, 0.6) is 5.75 Å². The molecule has 1 aromatic carbocycles. The van der Waals surface area contributed by atoms with Crippen LogP contribution in [0, 0.1) is 5.82 Å². The lowest BCUT2D eigenvalue weighted by Gasteiger charge is -2.22. The highest BCUT2D eigenvalue weighted by atomic mass is 19.1. The SMILES string of the molecule is CN(C)C(COc1cccc(F)c1)CC(=O)O. The predicted molar refractivity (Wildman–Crippen MR) is 61.6 cm³/mol. The molecule has 0 saturated heterocycles. The Balaban J connectivity index is 2.54. The Bertz CT molecular complexity index is 382. The van der Waals surface area contributed by atoms with Crippen LogP contribution >= 0.6 is 0 Å². The number of nitrogens with zero attached hydrogens (tertiary/aromatic N) is 1. The van der Waals surface area contributed by atoms with Gasteiger partial charge in [-0.3, -0.25) is 4.79 Å². The second-order valence-electron chi connectivity index (χ2n) is 3.98. The maximum atomic E-state index is 12.9. The van der Waals surface area contributed by atoms with Crippen molar-refractivity contribution in [3.05, 3.63) is 30.1 Å². The molecule has 0 saturated carbocycles. The van der Waals surface area contributed by atoms with Gasteiger partial charge in [-0.1, -0.05) is 6.07 Å². The third-order valence-electron chi connectivity index (χ3n) is 2.38. The number of ether oxygens (including phenoxy) is 1. The van der Waals surface area contributed by atoms with E-state index >= 15 is 0 Å². The summed E-state index contributed by atoms with van der Waals surface area (Å²) >= 11 is 0. The molecule has 1 unspecified atom stereocenters. The number of carbonyl (C=O) groups is 1. The fourth-order valence-electron chi connectivity index (χ4n) is 1.34. The quantitative estimate of drug-likeness (QED) is 0.822. The van der Waals surface area contributed by atoms with E-state index in [1.807, 2.05) is 0 Å². The van der Waals surface area contributed by atoms with E-state index in [1.54, 1.807) is 31.1 Å². The van der Waals surface area contributed by atoms with E-state index in [0.29, 0.717) is 5.75 Å². The molecule has 0 spiro atoms. The summed E-state index contributed by atoms with van der Waals surface area (Å²) < 4.78 is 18.2. The molecule has 94 valence electrons. The minimum Gasteiger partial charge on any atom is -0.492 e. The van der Waals surface area contributed by atoms with Crippen molar-refractivity contribution in [2.24, 2.45) is 0 Å². The minimum atomic E-state index is -0.883. The van der Waals surface area contributed by atoms with E-state index in [0.717, 1.165) is 0 Å². The molecule has 0 amide bonds. The van der Waals surface area contributed by atoms with E-state index in [4.69, 9.17) is 9.84 Å². The van der Waals surface area contributed by atoms with E-state index in [9.17, 15) is 9.18 Å². The molecule has 1 N–H and O–H groups in total. The largest absolute Gasteiger partial charge is 0.492 e. The van der Waals surface area contributed by atoms with Crippen LogP contribution in [0.1, 0.15) is 6.42 Å². The molecule has 0 radical (unpaired) electrons. The van der Waals surface area contributed by atoms with Gasteiger partial charge in [-0.2, -0.15) is 0 Å². The third kappa shape index (κ3) is 4.82. The van der Waals surface area contributed by atoms with Crippen LogP contribution in [-0.4, -0.2) is 42.7 Å². The second-order valence-corrected chi connectivity index (χ2v) is 3.98. The highest BCUT2D eigenvalue weighted by Crippen LogP contribution is 2.13. The van der Waals surface area contributed by atoms with E-state index < -0.39 is 5.97 Å². The lowest BCUT2D eigenvalue weighted by molar-refractivity contribution is -0.138. The Morgan fingerprint density at radius 2 is 2.24 bits per heavy atom. The number of carboxylic acids is 1. The van der Waals surface area contributed by atoms with Crippen molar-refractivity contribution in [3.63, 3.8) is 0 Å². The smallest absolute Gasteiger partial charge is 0.305 e. The van der Waals surface area contributed by atoms with Crippen molar-refractivity contribution in [1.82, 2.24) is 4.90 Å². The summed E-state index contributed by atoms with van der Waals surface area (Å²) in [5.74, 6) is -0.851. The van der Waals surface area contributed by atoms with Crippen LogP contribution in [0.25, 0.3) is 0 Å².